The third-order valence-electron chi connectivity index (χ3n) is 1.52. The number of aromatic nitrogens is 2. The van der Waals surface area contributed by atoms with Crippen LogP contribution in [0.25, 0.3) is 0 Å². The summed E-state index contributed by atoms with van der Waals surface area (Å²) in [6.45, 7) is 1.24. The molecule has 1 aliphatic rings. The summed E-state index contributed by atoms with van der Waals surface area (Å²) in [5.41, 5.74) is 0. The topological polar surface area (TPSA) is 46.0 Å². The Morgan fingerprint density at radius 2 is 2.60 bits per heavy atom. The first-order valence-corrected chi connectivity index (χ1v) is 3.12. The van der Waals surface area contributed by atoms with Crippen molar-refractivity contribution in [3.05, 3.63) is 18.2 Å². The van der Waals surface area contributed by atoms with Crippen LogP contribution in [0.15, 0.2) is 12.4 Å². The van der Waals surface area contributed by atoms with Gasteiger partial charge in [-0.15, -0.1) is 0 Å². The first-order chi connectivity index (χ1) is 4.88. The maximum absolute atomic E-state index is 10.9. The molecule has 4 heteroatoms. The highest BCUT2D eigenvalue weighted by Gasteiger charge is 2.25. The van der Waals surface area contributed by atoms with E-state index < -0.39 is 0 Å². The summed E-state index contributed by atoms with van der Waals surface area (Å²) in [5, 5.41) is 0. The first-order valence-electron chi connectivity index (χ1n) is 3.12. The molecule has 1 aromatic heterocycles. The van der Waals surface area contributed by atoms with Gasteiger partial charge in [-0.25, -0.2) is 14.3 Å². The van der Waals surface area contributed by atoms with Crippen LogP contribution in [0.2, 0.25) is 0 Å². The van der Waals surface area contributed by atoms with Gasteiger partial charge in [-0.1, -0.05) is 0 Å². The third-order valence-corrected chi connectivity index (χ3v) is 1.52. The fourth-order valence-corrected chi connectivity index (χ4v) is 1.03. The molecule has 0 fully saturated rings. The van der Waals surface area contributed by atoms with Gasteiger partial charge in [0.05, 0.1) is 0 Å². The highest BCUT2D eigenvalue weighted by molar-refractivity contribution is 5.83. The van der Waals surface area contributed by atoms with Crippen molar-refractivity contribution < 1.29 is 14.1 Å². The van der Waals surface area contributed by atoms with Gasteiger partial charge in [-0.3, -0.25) is 0 Å². The molecular formula is C6H7N2O2+. The molecule has 0 unspecified atom stereocenters. The summed E-state index contributed by atoms with van der Waals surface area (Å²) in [6.07, 6.45) is 3.55. The number of nitrogens with zero attached hydrogens (tertiary/aromatic N) is 1. The molecule has 1 aliphatic heterocycles. The van der Waals surface area contributed by atoms with Gasteiger partial charge >= 0.3 is 11.8 Å². The van der Waals surface area contributed by atoms with E-state index in [1.165, 1.54) is 0 Å². The monoisotopic (exact) mass is 139 g/mol. The van der Waals surface area contributed by atoms with Crippen molar-refractivity contribution in [2.24, 2.45) is 0 Å². The Balaban J connectivity index is 2.50. The van der Waals surface area contributed by atoms with Crippen molar-refractivity contribution in [3.8, 4) is 0 Å². The molecule has 0 spiro atoms. The largest absolute Gasteiger partial charge is 0.452 e. The second-order valence-electron chi connectivity index (χ2n) is 2.14. The zero-order valence-corrected chi connectivity index (χ0v) is 5.33. The van der Waals surface area contributed by atoms with Crippen LogP contribution in [-0.2, 0) is 11.3 Å². The van der Waals surface area contributed by atoms with E-state index in [-0.39, 0.29) is 5.97 Å². The normalized spacial score (nSPS) is 16.2. The number of rotatable bonds is 0. The molecule has 0 saturated heterocycles. The van der Waals surface area contributed by atoms with Crippen LogP contribution < -0.4 is 4.57 Å². The summed E-state index contributed by atoms with van der Waals surface area (Å²) in [7, 11) is 0. The zero-order chi connectivity index (χ0) is 6.97. The second kappa shape index (κ2) is 1.83. The van der Waals surface area contributed by atoms with Gasteiger partial charge in [0.25, 0.3) is 0 Å². The van der Waals surface area contributed by atoms with E-state index in [0.717, 1.165) is 6.54 Å². The maximum Gasteiger partial charge on any atom is 0.422 e. The molecule has 0 aliphatic carbocycles. The molecule has 0 amide bonds. The summed E-state index contributed by atoms with van der Waals surface area (Å²) in [5.74, 6) is 0.266. The molecule has 0 saturated carbocycles. The summed E-state index contributed by atoms with van der Waals surface area (Å²) >= 11 is 0. The molecule has 0 bridgehead atoms. The molecular weight excluding hydrogens is 132 g/mol. The number of aromatic amines is 1. The van der Waals surface area contributed by atoms with Crippen LogP contribution in [0.3, 0.4) is 0 Å². The molecule has 1 aromatic rings. The zero-order valence-electron chi connectivity index (χ0n) is 5.33. The van der Waals surface area contributed by atoms with Gasteiger partial charge in [0.2, 0.25) is 0 Å². The standard InChI is InChI=1S/C6H6N2O2/c9-6-5-7-1-2-8(5)3-4-10-6/h1-2H,3-4H2/p+1. The van der Waals surface area contributed by atoms with E-state index in [0.29, 0.717) is 12.4 Å². The summed E-state index contributed by atoms with van der Waals surface area (Å²) in [6, 6.07) is 0. The number of ether oxygens (including phenoxy) is 1. The number of nitrogens with one attached hydrogen (secondary N) is 1. The predicted molar refractivity (Wildman–Crippen MR) is 31.3 cm³/mol. The Bertz CT molecular complexity index is 266. The van der Waals surface area contributed by atoms with E-state index in [9.17, 15) is 4.79 Å². The number of carbonyl (C=O) groups is 1. The van der Waals surface area contributed by atoms with Crippen LogP contribution >= 0.6 is 0 Å². The lowest BCUT2D eigenvalue weighted by Gasteiger charge is -2.06. The fraction of sp³-hybridized carbons (Fsp3) is 0.333. The number of H-pyrrole nitrogens is 1. The Labute approximate surface area is 57.4 Å². The van der Waals surface area contributed by atoms with Crippen LogP contribution in [0.4, 0.5) is 0 Å². The molecule has 0 atom stereocenters. The van der Waals surface area contributed by atoms with Crippen molar-refractivity contribution in [3.63, 3.8) is 0 Å². The average molecular weight is 139 g/mol. The maximum atomic E-state index is 10.9. The second-order valence-corrected chi connectivity index (χ2v) is 2.14. The molecule has 2 rings (SSSR count). The lowest BCUT2D eigenvalue weighted by molar-refractivity contribution is -0.704. The third kappa shape index (κ3) is 0.618. The lowest BCUT2D eigenvalue weighted by Crippen LogP contribution is -2.45. The van der Waals surface area contributed by atoms with Gasteiger partial charge in [0.1, 0.15) is 25.5 Å². The quantitative estimate of drug-likeness (QED) is 0.388. The summed E-state index contributed by atoms with van der Waals surface area (Å²) < 4.78 is 6.61. The van der Waals surface area contributed by atoms with E-state index in [1.807, 2.05) is 10.8 Å². The Hall–Kier alpha value is -1.32. The van der Waals surface area contributed by atoms with Crippen molar-refractivity contribution in [2.45, 2.75) is 6.54 Å². The van der Waals surface area contributed by atoms with Gasteiger partial charge in [0, 0.05) is 0 Å². The molecule has 0 radical (unpaired) electrons. The van der Waals surface area contributed by atoms with Crippen LogP contribution in [0.1, 0.15) is 10.6 Å². The molecule has 4 nitrogen and oxygen atoms in total. The van der Waals surface area contributed by atoms with E-state index >= 15 is 0 Å². The number of hydrogen-bond acceptors (Lipinski definition) is 2. The first kappa shape index (κ1) is 5.46. The van der Waals surface area contributed by atoms with Gasteiger partial charge in [-0.2, -0.15) is 0 Å². The van der Waals surface area contributed by atoms with Crippen LogP contribution in [0.5, 0.6) is 0 Å². The highest BCUT2D eigenvalue weighted by Crippen LogP contribution is 1.96. The SMILES string of the molecule is O=C1OCC[n+]2cc[nH]c21. The number of imidazole rings is 1. The number of carbonyl (C=O) groups excluding carboxylic acids is 1. The van der Waals surface area contributed by atoms with Gasteiger partial charge in [0.15, 0.2) is 0 Å². The Morgan fingerprint density at radius 1 is 1.70 bits per heavy atom. The summed E-state index contributed by atoms with van der Waals surface area (Å²) in [4.78, 5) is 13.7. The van der Waals surface area contributed by atoms with Gasteiger partial charge in [-0.05, 0) is 0 Å². The van der Waals surface area contributed by atoms with Crippen molar-refractivity contribution in [1.29, 1.82) is 0 Å². The average Bonchev–Trinajstić information content (AvgIpc) is 2.36. The van der Waals surface area contributed by atoms with E-state index in [2.05, 4.69) is 4.98 Å². The number of cyclic esters (lactones) is 1. The fourth-order valence-electron chi connectivity index (χ4n) is 1.03. The Morgan fingerprint density at radius 3 is 3.40 bits per heavy atom. The van der Waals surface area contributed by atoms with Crippen LogP contribution in [0, 0.1) is 0 Å². The molecule has 2 heterocycles. The molecule has 1 N–H and O–H groups in total. The molecule has 10 heavy (non-hydrogen) atoms. The minimum Gasteiger partial charge on any atom is -0.452 e. The number of hydrogen-bond donors (Lipinski definition) is 1. The minimum atomic E-state index is -0.267. The van der Waals surface area contributed by atoms with Crippen molar-refractivity contribution >= 4 is 5.97 Å². The Kier molecular flexibility index (Phi) is 1.00. The van der Waals surface area contributed by atoms with Crippen molar-refractivity contribution in [2.75, 3.05) is 6.61 Å². The smallest absolute Gasteiger partial charge is 0.422 e. The molecule has 0 aromatic carbocycles. The van der Waals surface area contributed by atoms with E-state index in [1.54, 1.807) is 6.20 Å². The number of fused-ring (bicyclic) bond motifs is 1. The number of esters is 1. The molecule has 52 valence electrons. The van der Waals surface area contributed by atoms with E-state index in [4.69, 9.17) is 4.74 Å². The van der Waals surface area contributed by atoms with Crippen molar-refractivity contribution in [1.82, 2.24) is 4.98 Å². The highest BCUT2D eigenvalue weighted by atomic mass is 16.5. The minimum absolute atomic E-state index is 0.267. The van der Waals surface area contributed by atoms with Crippen LogP contribution in [-0.4, -0.2) is 17.6 Å². The lowest BCUT2D eigenvalue weighted by atomic mass is 10.5. The predicted octanol–water partition coefficient (Wildman–Crippen LogP) is -0.527. The van der Waals surface area contributed by atoms with Gasteiger partial charge < -0.3 is 4.74 Å².